The molecule has 0 N–H and O–H groups in total. The van der Waals surface area contributed by atoms with Crippen LogP contribution in [0, 0.1) is 0 Å². The number of ether oxygens (including phenoxy) is 2. The molecule has 0 saturated heterocycles. The van der Waals surface area contributed by atoms with Crippen LogP contribution < -0.4 is 9.47 Å². The van der Waals surface area contributed by atoms with Crippen molar-refractivity contribution in [1.82, 2.24) is 15.0 Å². The van der Waals surface area contributed by atoms with Crippen molar-refractivity contribution >= 4 is 21.9 Å². The molecule has 6 heteroatoms. The summed E-state index contributed by atoms with van der Waals surface area (Å²) in [6.45, 7) is 0. The number of nitrogens with zero attached hydrogens (tertiary/aromatic N) is 3. The fraction of sp³-hybridized carbons (Fsp3) is 0. The SMILES string of the molecule is c1ccc(-c2nc(-c3cc(-c4ccc(-c5ccncc5)cc4)cc(-c4ccc5c(c4)Oc4ccccc4O5)c3)cc(-c3ccc4c(c3)oc3ccccc34)n2)cc1. The Kier molecular flexibility index (Phi) is 7.71. The molecule has 1 aliphatic heterocycles. The summed E-state index contributed by atoms with van der Waals surface area (Å²) in [5.74, 6) is 3.37. The lowest BCUT2D eigenvalue weighted by atomic mass is 9.93. The van der Waals surface area contributed by atoms with Crippen molar-refractivity contribution in [3.05, 3.63) is 188 Å². The van der Waals surface area contributed by atoms with Crippen LogP contribution in [0.1, 0.15) is 0 Å². The molecule has 0 radical (unpaired) electrons. The highest BCUT2D eigenvalue weighted by molar-refractivity contribution is 6.05. The number of hydrogen-bond donors (Lipinski definition) is 0. The minimum absolute atomic E-state index is 0.638. The number of fused-ring (bicyclic) bond motifs is 5. The van der Waals surface area contributed by atoms with E-state index in [4.69, 9.17) is 23.9 Å². The third kappa shape index (κ3) is 6.06. The van der Waals surface area contributed by atoms with E-state index in [1.165, 1.54) is 0 Å². The highest BCUT2D eigenvalue weighted by Crippen LogP contribution is 2.47. The lowest BCUT2D eigenvalue weighted by Crippen LogP contribution is -1.99. The van der Waals surface area contributed by atoms with E-state index in [1.807, 2.05) is 109 Å². The van der Waals surface area contributed by atoms with Gasteiger partial charge in [-0.15, -0.1) is 0 Å². The summed E-state index contributed by atoms with van der Waals surface area (Å²) in [6.07, 6.45) is 3.64. The first-order chi connectivity index (χ1) is 28.2. The predicted molar refractivity (Wildman–Crippen MR) is 226 cm³/mol. The zero-order valence-electron chi connectivity index (χ0n) is 30.5. The molecule has 0 aliphatic carbocycles. The third-order valence-corrected chi connectivity index (χ3v) is 10.5. The largest absolute Gasteiger partial charge is 0.456 e. The number of para-hydroxylation sites is 3. The molecule has 0 atom stereocenters. The van der Waals surface area contributed by atoms with Crippen molar-refractivity contribution in [1.29, 1.82) is 0 Å². The second-order valence-electron chi connectivity index (χ2n) is 14.1. The average Bonchev–Trinajstić information content (AvgIpc) is 3.66. The van der Waals surface area contributed by atoms with Crippen LogP contribution in [0.3, 0.4) is 0 Å². The summed E-state index contributed by atoms with van der Waals surface area (Å²) in [6, 6.07) is 59.8. The Morgan fingerprint density at radius 3 is 1.67 bits per heavy atom. The van der Waals surface area contributed by atoms with E-state index in [1.54, 1.807) is 0 Å². The van der Waals surface area contributed by atoms with Gasteiger partial charge in [0.1, 0.15) is 11.2 Å². The molecule has 57 heavy (non-hydrogen) atoms. The Morgan fingerprint density at radius 1 is 0.316 bits per heavy atom. The Morgan fingerprint density at radius 2 is 0.877 bits per heavy atom. The smallest absolute Gasteiger partial charge is 0.170 e. The number of benzene rings is 7. The van der Waals surface area contributed by atoms with E-state index in [9.17, 15) is 0 Å². The van der Waals surface area contributed by atoms with Crippen LogP contribution in [-0.2, 0) is 0 Å². The maximum Gasteiger partial charge on any atom is 0.170 e. The van der Waals surface area contributed by atoms with Crippen molar-refractivity contribution in [2.75, 3.05) is 0 Å². The van der Waals surface area contributed by atoms with Crippen molar-refractivity contribution in [2.24, 2.45) is 0 Å². The Balaban J connectivity index is 1.08. The van der Waals surface area contributed by atoms with Gasteiger partial charge >= 0.3 is 0 Å². The van der Waals surface area contributed by atoms with Crippen LogP contribution in [0.2, 0.25) is 0 Å². The topological polar surface area (TPSA) is 70.3 Å². The standard InChI is InChI=1S/C51H31N3O3/c1-2-8-35(9-3-1)51-53-43(37-18-20-42-41-10-4-5-11-45(41)55-49(42)30-37)31-44(54-51)40-27-38(33-16-14-32(15-17-33)34-22-24-52-25-23-34)26-39(28-40)36-19-21-48-50(29-36)57-47-13-7-6-12-46(47)56-48/h1-31H. The number of rotatable bonds is 6. The van der Waals surface area contributed by atoms with E-state index in [-0.39, 0.29) is 0 Å². The van der Waals surface area contributed by atoms with Crippen molar-refractivity contribution in [2.45, 2.75) is 0 Å². The molecule has 268 valence electrons. The molecular formula is C51H31N3O3. The lowest BCUT2D eigenvalue weighted by Gasteiger charge is -2.21. The van der Waals surface area contributed by atoms with Crippen molar-refractivity contribution in [3.8, 4) is 90.3 Å². The second-order valence-corrected chi connectivity index (χ2v) is 14.1. The fourth-order valence-electron chi connectivity index (χ4n) is 7.56. The van der Waals surface area contributed by atoms with Crippen LogP contribution >= 0.6 is 0 Å². The lowest BCUT2D eigenvalue weighted by molar-refractivity contribution is 0.360. The molecule has 0 unspecified atom stereocenters. The molecule has 0 bridgehead atoms. The van der Waals surface area contributed by atoms with Gasteiger partial charge in [-0.05, 0) is 112 Å². The first kappa shape index (κ1) is 32.6. The summed E-state index contributed by atoms with van der Waals surface area (Å²) in [4.78, 5) is 14.6. The van der Waals surface area contributed by atoms with Crippen molar-refractivity contribution in [3.63, 3.8) is 0 Å². The van der Waals surface area contributed by atoms with Crippen molar-refractivity contribution < 1.29 is 13.9 Å². The van der Waals surface area contributed by atoms with Gasteiger partial charge < -0.3 is 13.9 Å². The number of aromatic nitrogens is 3. The molecular weight excluding hydrogens is 703 g/mol. The van der Waals surface area contributed by atoms with E-state index < -0.39 is 0 Å². The maximum atomic E-state index is 6.35. The fourth-order valence-corrected chi connectivity index (χ4v) is 7.56. The monoisotopic (exact) mass is 733 g/mol. The number of hydrogen-bond acceptors (Lipinski definition) is 6. The summed E-state index contributed by atoms with van der Waals surface area (Å²) in [5.41, 5.74) is 12.5. The van der Waals surface area contributed by atoms with Gasteiger partial charge in [0.2, 0.25) is 0 Å². The van der Waals surface area contributed by atoms with Gasteiger partial charge in [-0.3, -0.25) is 4.98 Å². The van der Waals surface area contributed by atoms with Crippen LogP contribution in [0.15, 0.2) is 193 Å². The molecule has 11 rings (SSSR count). The first-order valence-corrected chi connectivity index (χ1v) is 18.8. The Labute approximate surface area is 328 Å². The molecule has 0 amide bonds. The van der Waals surface area contributed by atoms with Crippen LogP contribution in [-0.4, -0.2) is 15.0 Å². The van der Waals surface area contributed by atoms with Crippen LogP contribution in [0.4, 0.5) is 0 Å². The third-order valence-electron chi connectivity index (χ3n) is 10.5. The molecule has 4 heterocycles. The molecule has 0 spiro atoms. The summed E-state index contributed by atoms with van der Waals surface area (Å²) < 4.78 is 18.9. The Bertz CT molecular complexity index is 3120. The highest BCUT2D eigenvalue weighted by Gasteiger charge is 2.20. The number of pyridine rings is 1. The minimum atomic E-state index is 0.638. The van der Waals surface area contributed by atoms with E-state index in [0.29, 0.717) is 28.8 Å². The van der Waals surface area contributed by atoms with Gasteiger partial charge in [-0.2, -0.15) is 0 Å². The molecule has 0 saturated carbocycles. The maximum absolute atomic E-state index is 6.35. The summed E-state index contributed by atoms with van der Waals surface area (Å²) in [5, 5.41) is 2.16. The molecule has 6 nitrogen and oxygen atoms in total. The summed E-state index contributed by atoms with van der Waals surface area (Å²) >= 11 is 0. The van der Waals surface area contributed by atoms with Gasteiger partial charge in [0.25, 0.3) is 0 Å². The first-order valence-electron chi connectivity index (χ1n) is 18.8. The van der Waals surface area contributed by atoms with Crippen LogP contribution in [0.5, 0.6) is 23.0 Å². The normalized spacial score (nSPS) is 11.8. The minimum Gasteiger partial charge on any atom is -0.456 e. The number of furan rings is 1. The zero-order chi connectivity index (χ0) is 37.7. The van der Waals surface area contributed by atoms with Gasteiger partial charge in [-0.1, -0.05) is 97.1 Å². The molecule has 3 aromatic heterocycles. The quantitative estimate of drug-likeness (QED) is 0.169. The van der Waals surface area contributed by atoms with E-state index in [2.05, 4.69) is 83.8 Å². The van der Waals surface area contributed by atoms with Gasteiger partial charge in [0.15, 0.2) is 28.8 Å². The molecule has 1 aliphatic rings. The summed E-state index contributed by atoms with van der Waals surface area (Å²) in [7, 11) is 0. The van der Waals surface area contributed by atoms with Gasteiger partial charge in [0.05, 0.1) is 11.4 Å². The average molecular weight is 734 g/mol. The van der Waals surface area contributed by atoms with E-state index in [0.717, 1.165) is 83.4 Å². The van der Waals surface area contributed by atoms with Crippen LogP contribution in [0.25, 0.3) is 89.2 Å². The highest BCUT2D eigenvalue weighted by atomic mass is 16.6. The molecule has 7 aromatic carbocycles. The molecule has 0 fully saturated rings. The van der Waals surface area contributed by atoms with E-state index >= 15 is 0 Å². The van der Waals surface area contributed by atoms with Gasteiger partial charge in [0, 0.05) is 39.9 Å². The predicted octanol–water partition coefficient (Wildman–Crippen LogP) is 13.7. The second kappa shape index (κ2) is 13.5. The molecule has 10 aromatic rings. The Hall–Kier alpha value is -7.83. The van der Waals surface area contributed by atoms with Gasteiger partial charge in [-0.25, -0.2) is 9.97 Å². The zero-order valence-corrected chi connectivity index (χ0v) is 30.5.